The Morgan fingerprint density at radius 2 is 0.898 bits per heavy atom. The van der Waals surface area contributed by atoms with Crippen molar-refractivity contribution in [3.63, 3.8) is 0 Å². The molecule has 3 heteroatoms. The molecule has 1 heterocycles. The van der Waals surface area contributed by atoms with Crippen LogP contribution in [0.2, 0.25) is 0 Å². The van der Waals surface area contributed by atoms with Crippen LogP contribution in [-0.4, -0.2) is 6.71 Å². The van der Waals surface area contributed by atoms with E-state index in [1.165, 1.54) is 38.5 Å². The van der Waals surface area contributed by atoms with E-state index in [4.69, 9.17) is 4.74 Å². The maximum atomic E-state index is 6.72. The zero-order valence-corrected chi connectivity index (χ0v) is 26.9. The highest BCUT2D eigenvalue weighted by atomic mass is 16.5. The smallest absolute Gasteiger partial charge is 0.241 e. The summed E-state index contributed by atoms with van der Waals surface area (Å²) in [4.78, 5) is 2.27. The lowest BCUT2D eigenvalue weighted by Crippen LogP contribution is -2.51. The molecular weight excluding hydrogens is 593 g/mol. The molecule has 0 radical (unpaired) electrons. The summed E-state index contributed by atoms with van der Waals surface area (Å²) >= 11 is 0. The van der Waals surface area contributed by atoms with Crippen molar-refractivity contribution in [2.24, 2.45) is 0 Å². The molecular formula is C46H32BNO. The first-order valence-corrected chi connectivity index (χ1v) is 16.8. The van der Waals surface area contributed by atoms with Gasteiger partial charge in [-0.2, -0.15) is 0 Å². The third-order valence-electron chi connectivity index (χ3n) is 9.59. The number of benzene rings is 8. The molecule has 0 aromatic heterocycles. The van der Waals surface area contributed by atoms with Crippen LogP contribution < -0.4 is 26.0 Å². The summed E-state index contributed by atoms with van der Waals surface area (Å²) < 4.78 is 6.72. The molecule has 0 saturated carbocycles. The summed E-state index contributed by atoms with van der Waals surface area (Å²) in [6.45, 7) is 0.169. The fourth-order valence-electron chi connectivity index (χ4n) is 7.33. The van der Waals surface area contributed by atoms with Gasteiger partial charge >= 0.3 is 0 Å². The van der Waals surface area contributed by atoms with E-state index in [-0.39, 0.29) is 6.71 Å². The second kappa shape index (κ2) is 12.4. The molecule has 0 spiro atoms. The average Bonchev–Trinajstić information content (AvgIpc) is 3.17. The standard InChI is InChI=1S/C46H32BNO/c1-5-14-34(15-6-1)47(35-16-7-2-8-17-35)36-26-24-33(25-27-36)40-30-31-43-41-29-28-39(32-45(41)49-44-23-13-22-42(40)46(43)44)48(37-18-9-3-10-19-37)38-20-11-4-12-21-38/h1-32H. The Balaban J connectivity index is 1.10. The highest BCUT2D eigenvalue weighted by Crippen LogP contribution is 2.50. The zero-order chi connectivity index (χ0) is 32.6. The number of nitrogens with zero attached hydrogens (tertiary/aromatic N) is 1. The van der Waals surface area contributed by atoms with Crippen molar-refractivity contribution in [1.29, 1.82) is 0 Å². The van der Waals surface area contributed by atoms with E-state index in [1.54, 1.807) is 0 Å². The molecule has 0 saturated heterocycles. The number of ether oxygens (including phenoxy) is 1. The molecule has 1 aliphatic heterocycles. The summed E-state index contributed by atoms with van der Waals surface area (Å²) in [7, 11) is 0. The predicted molar refractivity (Wildman–Crippen MR) is 207 cm³/mol. The first-order chi connectivity index (χ1) is 24.3. The van der Waals surface area contributed by atoms with Crippen LogP contribution >= 0.6 is 0 Å². The molecule has 0 fully saturated rings. The molecule has 8 aromatic rings. The van der Waals surface area contributed by atoms with Gasteiger partial charge in [0.2, 0.25) is 6.71 Å². The Morgan fingerprint density at radius 1 is 0.367 bits per heavy atom. The van der Waals surface area contributed by atoms with E-state index >= 15 is 0 Å². The Kier molecular flexibility index (Phi) is 7.29. The summed E-state index contributed by atoms with van der Waals surface area (Å²) in [6.07, 6.45) is 0. The normalized spacial score (nSPS) is 11.4. The number of fused-ring (bicyclic) bond motifs is 2. The summed E-state index contributed by atoms with van der Waals surface area (Å²) in [5.74, 6) is 1.74. The number of rotatable bonds is 7. The van der Waals surface area contributed by atoms with Crippen molar-refractivity contribution in [3.05, 3.63) is 194 Å². The first kappa shape index (κ1) is 28.9. The van der Waals surface area contributed by atoms with Crippen LogP contribution in [0.4, 0.5) is 17.1 Å². The molecule has 0 aliphatic carbocycles. The molecule has 0 unspecified atom stereocenters. The van der Waals surface area contributed by atoms with Crippen LogP contribution in [-0.2, 0) is 0 Å². The topological polar surface area (TPSA) is 12.5 Å². The third kappa shape index (κ3) is 5.26. The van der Waals surface area contributed by atoms with E-state index in [1.807, 2.05) is 0 Å². The number of hydrogen-bond donors (Lipinski definition) is 0. The fraction of sp³-hybridized carbons (Fsp3) is 0. The molecule has 0 N–H and O–H groups in total. The monoisotopic (exact) mass is 625 g/mol. The van der Waals surface area contributed by atoms with Gasteiger partial charge in [0.05, 0.1) is 0 Å². The largest absolute Gasteiger partial charge is 0.456 e. The molecule has 8 aromatic carbocycles. The molecule has 1 aliphatic rings. The SMILES string of the molecule is c1ccc(B(c2ccccc2)c2ccc(-c3ccc4c5c(cccc35)Oc3cc(N(c5ccccc5)c5ccccc5)ccc3-4)cc2)cc1. The van der Waals surface area contributed by atoms with Crippen LogP contribution in [0.25, 0.3) is 33.0 Å². The lowest BCUT2D eigenvalue weighted by atomic mass is 9.37. The van der Waals surface area contributed by atoms with Gasteiger partial charge in [-0.25, -0.2) is 0 Å². The van der Waals surface area contributed by atoms with Gasteiger partial charge in [-0.3, -0.25) is 0 Å². The minimum absolute atomic E-state index is 0.169. The maximum Gasteiger partial charge on any atom is 0.241 e. The van der Waals surface area contributed by atoms with Gasteiger partial charge in [0.15, 0.2) is 0 Å². The average molecular weight is 626 g/mol. The Morgan fingerprint density at radius 3 is 1.51 bits per heavy atom. The van der Waals surface area contributed by atoms with Crippen LogP contribution in [0.5, 0.6) is 11.5 Å². The van der Waals surface area contributed by atoms with Gasteiger partial charge < -0.3 is 9.64 Å². The minimum Gasteiger partial charge on any atom is -0.456 e. The van der Waals surface area contributed by atoms with Gasteiger partial charge in [-0.1, -0.05) is 162 Å². The van der Waals surface area contributed by atoms with Crippen LogP contribution in [0, 0.1) is 0 Å². The van der Waals surface area contributed by atoms with E-state index in [0.29, 0.717) is 0 Å². The maximum absolute atomic E-state index is 6.72. The van der Waals surface area contributed by atoms with Crippen molar-refractivity contribution in [1.82, 2.24) is 0 Å². The van der Waals surface area contributed by atoms with E-state index in [0.717, 1.165) is 39.5 Å². The van der Waals surface area contributed by atoms with Crippen molar-refractivity contribution in [2.75, 3.05) is 4.90 Å². The van der Waals surface area contributed by atoms with E-state index < -0.39 is 0 Å². The molecule has 0 bridgehead atoms. The van der Waals surface area contributed by atoms with E-state index in [2.05, 4.69) is 199 Å². The molecule has 9 rings (SSSR count). The summed E-state index contributed by atoms with van der Waals surface area (Å²) in [6, 6.07) is 69.1. The van der Waals surface area contributed by atoms with Gasteiger partial charge in [0.1, 0.15) is 11.5 Å². The van der Waals surface area contributed by atoms with Gasteiger partial charge in [0.25, 0.3) is 0 Å². The molecule has 230 valence electrons. The molecule has 0 amide bonds. The number of anilines is 3. The van der Waals surface area contributed by atoms with Gasteiger partial charge in [-0.05, 0) is 64.5 Å². The minimum atomic E-state index is 0.169. The highest BCUT2D eigenvalue weighted by molar-refractivity contribution is 6.95. The second-order valence-electron chi connectivity index (χ2n) is 12.5. The number of para-hydroxylation sites is 2. The predicted octanol–water partition coefficient (Wildman–Crippen LogP) is 10.3. The highest BCUT2D eigenvalue weighted by Gasteiger charge is 2.25. The lowest BCUT2D eigenvalue weighted by molar-refractivity contribution is 0.487. The van der Waals surface area contributed by atoms with Crippen molar-refractivity contribution in [2.45, 2.75) is 0 Å². The molecule has 0 atom stereocenters. The van der Waals surface area contributed by atoms with Crippen LogP contribution in [0.15, 0.2) is 194 Å². The van der Waals surface area contributed by atoms with Crippen LogP contribution in [0.3, 0.4) is 0 Å². The van der Waals surface area contributed by atoms with Gasteiger partial charge in [-0.15, -0.1) is 0 Å². The van der Waals surface area contributed by atoms with Crippen LogP contribution in [0.1, 0.15) is 0 Å². The van der Waals surface area contributed by atoms with Gasteiger partial charge in [0, 0.05) is 34.1 Å². The quantitative estimate of drug-likeness (QED) is 0.164. The van der Waals surface area contributed by atoms with Crippen molar-refractivity contribution >= 4 is 50.9 Å². The Hall–Kier alpha value is -6.32. The number of hydrogen-bond acceptors (Lipinski definition) is 2. The second-order valence-corrected chi connectivity index (χ2v) is 12.5. The van der Waals surface area contributed by atoms with Crippen molar-refractivity contribution in [3.8, 4) is 33.8 Å². The summed E-state index contributed by atoms with van der Waals surface area (Å²) in [5.41, 5.74) is 11.8. The zero-order valence-electron chi connectivity index (χ0n) is 26.9. The molecule has 49 heavy (non-hydrogen) atoms. The van der Waals surface area contributed by atoms with Crippen molar-refractivity contribution < 1.29 is 4.74 Å². The lowest BCUT2D eigenvalue weighted by Gasteiger charge is -2.28. The Bertz CT molecular complexity index is 2310. The third-order valence-corrected chi connectivity index (χ3v) is 9.59. The first-order valence-electron chi connectivity index (χ1n) is 16.8. The Labute approximate surface area is 287 Å². The summed E-state index contributed by atoms with van der Waals surface area (Å²) in [5, 5.41) is 2.34. The fourth-order valence-corrected chi connectivity index (χ4v) is 7.33. The van der Waals surface area contributed by atoms with E-state index in [9.17, 15) is 0 Å². The molecule has 2 nitrogen and oxygen atoms in total.